The molecule has 0 spiro atoms. The van der Waals surface area contributed by atoms with Crippen molar-refractivity contribution < 1.29 is 14.4 Å². The van der Waals surface area contributed by atoms with Gasteiger partial charge in [0.15, 0.2) is 0 Å². The van der Waals surface area contributed by atoms with Crippen molar-refractivity contribution in [3.05, 3.63) is 58.7 Å². The van der Waals surface area contributed by atoms with E-state index in [2.05, 4.69) is 17.5 Å². The molecule has 0 radical (unpaired) electrons. The summed E-state index contributed by atoms with van der Waals surface area (Å²) in [7, 11) is 0. The van der Waals surface area contributed by atoms with Crippen LogP contribution >= 0.6 is 0 Å². The number of nitrogens with zero attached hydrogens (tertiary/aromatic N) is 1. The molecule has 26 heavy (non-hydrogen) atoms. The summed E-state index contributed by atoms with van der Waals surface area (Å²) in [5.41, 5.74) is 10.0. The Morgan fingerprint density at radius 2 is 2.08 bits per heavy atom. The standard InChI is InChI=1S/C20H21N3O3/c21-16-4-2-1-3-13(16)9-12-5-6-15-14(10-12)11-23(20(15)26)17-7-8-18(24)22-19(17)25/h1-3,5-6,10,16-17H,4,7-9,11,21H2,(H,22,24,25). The number of rotatable bonds is 3. The number of carbonyl (C=O) groups is 3. The zero-order valence-electron chi connectivity index (χ0n) is 14.4. The average Bonchev–Trinajstić information content (AvgIpc) is 2.93. The highest BCUT2D eigenvalue weighted by Gasteiger charge is 2.39. The third-order valence-electron chi connectivity index (χ3n) is 5.31. The first-order valence-corrected chi connectivity index (χ1v) is 8.90. The van der Waals surface area contributed by atoms with Gasteiger partial charge in [-0.25, -0.2) is 0 Å². The van der Waals surface area contributed by atoms with Gasteiger partial charge in [-0.2, -0.15) is 0 Å². The summed E-state index contributed by atoms with van der Waals surface area (Å²) in [6.07, 6.45) is 8.40. The molecular formula is C20H21N3O3. The van der Waals surface area contributed by atoms with Crippen LogP contribution in [0.25, 0.3) is 0 Å². The van der Waals surface area contributed by atoms with Crippen molar-refractivity contribution in [1.82, 2.24) is 10.2 Å². The predicted molar refractivity (Wildman–Crippen MR) is 96.0 cm³/mol. The molecule has 1 aromatic carbocycles. The molecule has 2 aliphatic heterocycles. The van der Waals surface area contributed by atoms with Crippen molar-refractivity contribution >= 4 is 17.7 Å². The summed E-state index contributed by atoms with van der Waals surface area (Å²) in [6.45, 7) is 0.402. The van der Waals surface area contributed by atoms with Crippen molar-refractivity contribution in [2.45, 2.75) is 44.3 Å². The van der Waals surface area contributed by atoms with Crippen molar-refractivity contribution in [1.29, 1.82) is 0 Å². The molecule has 134 valence electrons. The molecule has 3 N–H and O–H groups in total. The minimum absolute atomic E-state index is 0.0369. The lowest BCUT2D eigenvalue weighted by atomic mass is 9.92. The van der Waals surface area contributed by atoms with Gasteiger partial charge < -0.3 is 10.6 Å². The van der Waals surface area contributed by atoms with Crippen LogP contribution in [0.4, 0.5) is 0 Å². The van der Waals surface area contributed by atoms with Gasteiger partial charge in [0.25, 0.3) is 5.91 Å². The first-order chi connectivity index (χ1) is 12.5. The number of imide groups is 1. The van der Waals surface area contributed by atoms with Crippen LogP contribution in [0.2, 0.25) is 0 Å². The monoisotopic (exact) mass is 351 g/mol. The summed E-state index contributed by atoms with van der Waals surface area (Å²) in [5, 5.41) is 2.32. The quantitative estimate of drug-likeness (QED) is 0.801. The van der Waals surface area contributed by atoms with Crippen LogP contribution in [0.3, 0.4) is 0 Å². The molecule has 0 saturated carbocycles. The van der Waals surface area contributed by atoms with Gasteiger partial charge in [-0.3, -0.25) is 19.7 Å². The molecule has 3 aliphatic rings. The molecule has 2 atom stereocenters. The van der Waals surface area contributed by atoms with E-state index in [0.717, 1.165) is 24.0 Å². The lowest BCUT2D eigenvalue weighted by Crippen LogP contribution is -2.52. The fourth-order valence-electron chi connectivity index (χ4n) is 3.86. The third-order valence-corrected chi connectivity index (χ3v) is 5.31. The number of fused-ring (bicyclic) bond motifs is 1. The van der Waals surface area contributed by atoms with Crippen LogP contribution in [0, 0.1) is 0 Å². The number of hydrogen-bond acceptors (Lipinski definition) is 4. The third kappa shape index (κ3) is 2.97. The topological polar surface area (TPSA) is 92.5 Å². The fraction of sp³-hybridized carbons (Fsp3) is 0.350. The van der Waals surface area contributed by atoms with Crippen LogP contribution in [-0.2, 0) is 22.6 Å². The first-order valence-electron chi connectivity index (χ1n) is 8.90. The van der Waals surface area contributed by atoms with E-state index >= 15 is 0 Å². The number of benzene rings is 1. The Labute approximate surface area is 151 Å². The van der Waals surface area contributed by atoms with Gasteiger partial charge in [0.1, 0.15) is 6.04 Å². The molecule has 2 heterocycles. The maximum atomic E-state index is 12.7. The number of amides is 3. The van der Waals surface area contributed by atoms with Crippen molar-refractivity contribution in [2.75, 3.05) is 0 Å². The van der Waals surface area contributed by atoms with Crippen LogP contribution in [0.5, 0.6) is 0 Å². The zero-order chi connectivity index (χ0) is 18.3. The lowest BCUT2D eigenvalue weighted by molar-refractivity contribution is -0.136. The highest BCUT2D eigenvalue weighted by molar-refractivity contribution is 6.05. The maximum absolute atomic E-state index is 12.7. The van der Waals surface area contributed by atoms with Gasteiger partial charge in [0, 0.05) is 24.6 Å². The first kappa shape index (κ1) is 16.7. The molecular weight excluding hydrogens is 330 g/mol. The second-order valence-corrected chi connectivity index (χ2v) is 7.08. The molecule has 2 unspecified atom stereocenters. The van der Waals surface area contributed by atoms with Gasteiger partial charge >= 0.3 is 0 Å². The normalized spacial score (nSPS) is 25.2. The zero-order valence-corrected chi connectivity index (χ0v) is 14.4. The van der Waals surface area contributed by atoms with Crippen LogP contribution in [0.1, 0.15) is 40.7 Å². The molecule has 0 bridgehead atoms. The van der Waals surface area contributed by atoms with E-state index in [9.17, 15) is 14.4 Å². The Hall–Kier alpha value is -2.73. The molecule has 1 aromatic rings. The molecule has 3 amide bonds. The fourth-order valence-corrected chi connectivity index (χ4v) is 3.86. The Morgan fingerprint density at radius 1 is 1.23 bits per heavy atom. The molecule has 0 aromatic heterocycles. The Kier molecular flexibility index (Phi) is 4.20. The predicted octanol–water partition coefficient (Wildman–Crippen LogP) is 1.20. The van der Waals surface area contributed by atoms with E-state index in [1.807, 2.05) is 24.3 Å². The van der Waals surface area contributed by atoms with Crippen LogP contribution < -0.4 is 11.1 Å². The minimum Gasteiger partial charge on any atom is -0.324 e. The Balaban J connectivity index is 1.53. The number of piperidine rings is 1. The molecule has 6 heteroatoms. The summed E-state index contributed by atoms with van der Waals surface area (Å²) in [4.78, 5) is 37.7. The molecule has 4 rings (SSSR count). The SMILES string of the molecule is NC1CC=CC=C1Cc1ccc2c(c1)CN(C1CCC(=O)NC1=O)C2=O. The maximum Gasteiger partial charge on any atom is 0.255 e. The van der Waals surface area contributed by atoms with E-state index in [-0.39, 0.29) is 30.2 Å². The largest absolute Gasteiger partial charge is 0.324 e. The number of nitrogens with two attached hydrogens (primary N) is 1. The van der Waals surface area contributed by atoms with E-state index < -0.39 is 6.04 Å². The smallest absolute Gasteiger partial charge is 0.255 e. The molecule has 6 nitrogen and oxygen atoms in total. The second kappa shape index (κ2) is 6.53. The highest BCUT2D eigenvalue weighted by atomic mass is 16.2. The van der Waals surface area contributed by atoms with Gasteiger partial charge in [-0.1, -0.05) is 30.4 Å². The van der Waals surface area contributed by atoms with Gasteiger partial charge in [0.2, 0.25) is 11.8 Å². The molecule has 1 fully saturated rings. The number of allylic oxidation sites excluding steroid dienone is 2. The Morgan fingerprint density at radius 3 is 2.85 bits per heavy atom. The van der Waals surface area contributed by atoms with Crippen LogP contribution in [0.15, 0.2) is 42.0 Å². The van der Waals surface area contributed by atoms with E-state index in [1.54, 1.807) is 4.90 Å². The average molecular weight is 351 g/mol. The number of nitrogens with one attached hydrogen (secondary N) is 1. The van der Waals surface area contributed by atoms with Crippen molar-refractivity contribution in [3.63, 3.8) is 0 Å². The molecule has 1 saturated heterocycles. The Bertz CT molecular complexity index is 856. The minimum atomic E-state index is -0.573. The lowest BCUT2D eigenvalue weighted by Gasteiger charge is -2.29. The van der Waals surface area contributed by atoms with Crippen LogP contribution in [-0.4, -0.2) is 34.7 Å². The summed E-state index contributed by atoms with van der Waals surface area (Å²) in [5.74, 6) is -0.797. The summed E-state index contributed by atoms with van der Waals surface area (Å²) >= 11 is 0. The van der Waals surface area contributed by atoms with Gasteiger partial charge in [0.05, 0.1) is 0 Å². The van der Waals surface area contributed by atoms with Crippen molar-refractivity contribution in [2.24, 2.45) is 5.73 Å². The number of carbonyl (C=O) groups excluding carboxylic acids is 3. The van der Waals surface area contributed by atoms with E-state index in [1.165, 1.54) is 5.57 Å². The summed E-state index contributed by atoms with van der Waals surface area (Å²) in [6, 6.07) is 5.29. The van der Waals surface area contributed by atoms with Gasteiger partial charge in [-0.05, 0) is 42.0 Å². The second-order valence-electron chi connectivity index (χ2n) is 7.08. The number of hydrogen-bond donors (Lipinski definition) is 2. The van der Waals surface area contributed by atoms with E-state index in [4.69, 9.17) is 5.73 Å². The van der Waals surface area contributed by atoms with E-state index in [0.29, 0.717) is 18.5 Å². The van der Waals surface area contributed by atoms with Gasteiger partial charge in [-0.15, -0.1) is 0 Å². The summed E-state index contributed by atoms with van der Waals surface area (Å²) < 4.78 is 0. The molecule has 1 aliphatic carbocycles. The highest BCUT2D eigenvalue weighted by Crippen LogP contribution is 2.29. The van der Waals surface area contributed by atoms with Crippen molar-refractivity contribution in [3.8, 4) is 0 Å².